The third-order valence-electron chi connectivity index (χ3n) is 5.85. The van der Waals surface area contributed by atoms with Crippen LogP contribution >= 0.6 is 0 Å². The molecule has 0 spiro atoms. The molecule has 2 rings (SSSR count). The number of hydrogen-bond donors (Lipinski definition) is 0. The molecule has 0 radical (unpaired) electrons. The molecular formula is C17H32. The van der Waals surface area contributed by atoms with E-state index in [1.165, 1.54) is 44.9 Å². The Morgan fingerprint density at radius 1 is 0.647 bits per heavy atom. The average Bonchev–Trinajstić information content (AvgIpc) is 2.28. The maximum atomic E-state index is 2.51. The first-order chi connectivity index (χ1) is 8.06. The van der Waals surface area contributed by atoms with Gasteiger partial charge in [-0.05, 0) is 54.8 Å². The third kappa shape index (κ3) is 3.48. The maximum absolute atomic E-state index is 2.51. The van der Waals surface area contributed by atoms with E-state index in [0.29, 0.717) is 0 Å². The van der Waals surface area contributed by atoms with Crippen molar-refractivity contribution in [3.8, 4) is 0 Å². The minimum absolute atomic E-state index is 0.993. The van der Waals surface area contributed by atoms with Crippen molar-refractivity contribution in [1.82, 2.24) is 0 Å². The highest BCUT2D eigenvalue weighted by molar-refractivity contribution is 4.83. The molecule has 0 aromatic heterocycles. The molecule has 0 aromatic rings. The summed E-state index contributed by atoms with van der Waals surface area (Å²) in [6.45, 7) is 9.94. The van der Waals surface area contributed by atoms with E-state index in [1.807, 2.05) is 0 Å². The first-order valence-electron chi connectivity index (χ1n) is 8.06. The van der Waals surface area contributed by atoms with E-state index in [2.05, 4.69) is 27.7 Å². The molecule has 0 amide bonds. The van der Waals surface area contributed by atoms with Gasteiger partial charge in [0.05, 0.1) is 0 Å². The molecule has 0 N–H and O–H groups in total. The molecule has 17 heavy (non-hydrogen) atoms. The van der Waals surface area contributed by atoms with E-state index in [-0.39, 0.29) is 0 Å². The second kappa shape index (κ2) is 5.76. The van der Waals surface area contributed by atoms with Gasteiger partial charge in [0.1, 0.15) is 0 Å². The molecule has 0 nitrogen and oxygen atoms in total. The number of rotatable bonds is 2. The van der Waals surface area contributed by atoms with Gasteiger partial charge >= 0.3 is 0 Å². The highest BCUT2D eigenvalue weighted by Gasteiger charge is 2.32. The molecule has 100 valence electrons. The molecule has 0 aliphatic heterocycles. The van der Waals surface area contributed by atoms with Gasteiger partial charge in [-0.25, -0.2) is 0 Å². The van der Waals surface area contributed by atoms with Crippen LogP contribution < -0.4 is 0 Å². The van der Waals surface area contributed by atoms with Gasteiger partial charge in [-0.1, -0.05) is 53.4 Å². The summed E-state index contributed by atoms with van der Waals surface area (Å²) in [4.78, 5) is 0. The second-order valence-corrected chi connectivity index (χ2v) is 7.55. The zero-order valence-electron chi connectivity index (χ0n) is 12.4. The molecule has 2 saturated carbocycles. The van der Waals surface area contributed by atoms with Gasteiger partial charge in [0.2, 0.25) is 0 Å². The predicted octanol–water partition coefficient (Wildman–Crippen LogP) is 5.52. The summed E-state index contributed by atoms with van der Waals surface area (Å²) in [6.07, 6.45) is 10.5. The summed E-state index contributed by atoms with van der Waals surface area (Å²) < 4.78 is 0. The Kier molecular flexibility index (Phi) is 4.55. The lowest BCUT2D eigenvalue weighted by molar-refractivity contribution is 0.115. The van der Waals surface area contributed by atoms with E-state index in [4.69, 9.17) is 0 Å². The minimum Gasteiger partial charge on any atom is -0.0625 e. The van der Waals surface area contributed by atoms with Crippen molar-refractivity contribution in [1.29, 1.82) is 0 Å². The normalized spacial score (nSPS) is 48.0. The molecule has 2 fully saturated rings. The zero-order chi connectivity index (χ0) is 12.4. The highest BCUT2D eigenvalue weighted by atomic mass is 14.4. The minimum atomic E-state index is 0.993. The van der Waals surface area contributed by atoms with E-state index >= 15 is 0 Å². The quantitative estimate of drug-likeness (QED) is 0.592. The van der Waals surface area contributed by atoms with Crippen LogP contribution in [0.1, 0.15) is 72.6 Å². The Hall–Kier alpha value is 0. The van der Waals surface area contributed by atoms with Gasteiger partial charge in [-0.2, -0.15) is 0 Å². The van der Waals surface area contributed by atoms with Crippen LogP contribution in [-0.2, 0) is 0 Å². The van der Waals surface area contributed by atoms with Gasteiger partial charge in [-0.15, -0.1) is 0 Å². The molecule has 2 aliphatic carbocycles. The van der Waals surface area contributed by atoms with Crippen LogP contribution in [0.3, 0.4) is 0 Å². The fourth-order valence-corrected chi connectivity index (χ4v) is 4.35. The van der Waals surface area contributed by atoms with Gasteiger partial charge in [0.15, 0.2) is 0 Å². The van der Waals surface area contributed by atoms with Crippen LogP contribution in [0.5, 0.6) is 0 Å². The molecule has 0 saturated heterocycles. The van der Waals surface area contributed by atoms with Crippen LogP contribution in [0.25, 0.3) is 0 Å². The van der Waals surface area contributed by atoms with Gasteiger partial charge in [0, 0.05) is 0 Å². The van der Waals surface area contributed by atoms with Crippen molar-refractivity contribution in [3.05, 3.63) is 0 Å². The highest BCUT2D eigenvalue weighted by Crippen LogP contribution is 2.43. The topological polar surface area (TPSA) is 0 Å². The Balaban J connectivity index is 1.89. The fraction of sp³-hybridized carbons (Fsp3) is 1.00. The Labute approximate surface area is 109 Å². The lowest BCUT2D eigenvalue weighted by Gasteiger charge is -2.39. The van der Waals surface area contributed by atoms with E-state index in [9.17, 15) is 0 Å². The summed E-state index contributed by atoms with van der Waals surface area (Å²) in [7, 11) is 0. The molecule has 2 aliphatic rings. The molecule has 0 aromatic carbocycles. The largest absolute Gasteiger partial charge is 0.0625 e. The van der Waals surface area contributed by atoms with Crippen LogP contribution in [0, 0.1) is 35.5 Å². The smallest absolute Gasteiger partial charge is 0.0383 e. The van der Waals surface area contributed by atoms with Crippen molar-refractivity contribution in [3.63, 3.8) is 0 Å². The van der Waals surface area contributed by atoms with Crippen LogP contribution in [0.4, 0.5) is 0 Å². The van der Waals surface area contributed by atoms with Crippen molar-refractivity contribution < 1.29 is 0 Å². The summed E-state index contributed by atoms with van der Waals surface area (Å²) in [5, 5.41) is 0. The average molecular weight is 236 g/mol. The van der Waals surface area contributed by atoms with Gasteiger partial charge in [0.25, 0.3) is 0 Å². The monoisotopic (exact) mass is 236 g/mol. The molecule has 6 unspecified atom stereocenters. The first-order valence-corrected chi connectivity index (χ1v) is 8.06. The summed E-state index contributed by atoms with van der Waals surface area (Å²) in [6, 6.07) is 0. The first kappa shape index (κ1) is 13.4. The van der Waals surface area contributed by atoms with Crippen LogP contribution in [0.2, 0.25) is 0 Å². The Bertz CT molecular complexity index is 208. The van der Waals surface area contributed by atoms with Gasteiger partial charge in [-0.3, -0.25) is 0 Å². The zero-order valence-corrected chi connectivity index (χ0v) is 12.4. The number of hydrogen-bond acceptors (Lipinski definition) is 0. The standard InChI is InChI=1S/C17H32/c1-12-5-7-14(3)16(9-12)11-17-10-13(2)6-8-15(17)4/h12-17H,5-11H2,1-4H3. The lowest BCUT2D eigenvalue weighted by Crippen LogP contribution is -2.29. The Morgan fingerprint density at radius 2 is 1.06 bits per heavy atom. The van der Waals surface area contributed by atoms with Crippen molar-refractivity contribution in [2.24, 2.45) is 35.5 Å². The summed E-state index contributed by atoms with van der Waals surface area (Å²) in [5.74, 6) is 6.05. The molecule has 0 heteroatoms. The van der Waals surface area contributed by atoms with Crippen LogP contribution in [0.15, 0.2) is 0 Å². The third-order valence-corrected chi connectivity index (χ3v) is 5.85. The maximum Gasteiger partial charge on any atom is -0.0383 e. The molecule has 0 bridgehead atoms. The Morgan fingerprint density at radius 3 is 1.47 bits per heavy atom. The van der Waals surface area contributed by atoms with Crippen molar-refractivity contribution in [2.45, 2.75) is 72.6 Å². The SMILES string of the molecule is CC1CCC(C)C(CC2CC(C)CCC2C)C1. The summed E-state index contributed by atoms with van der Waals surface area (Å²) in [5.41, 5.74) is 0. The fourth-order valence-electron chi connectivity index (χ4n) is 4.35. The van der Waals surface area contributed by atoms with Crippen molar-refractivity contribution >= 4 is 0 Å². The van der Waals surface area contributed by atoms with Crippen LogP contribution in [-0.4, -0.2) is 0 Å². The van der Waals surface area contributed by atoms with E-state index in [0.717, 1.165) is 35.5 Å². The lowest BCUT2D eigenvalue weighted by atomic mass is 9.66. The summed E-state index contributed by atoms with van der Waals surface area (Å²) >= 11 is 0. The molecule has 0 heterocycles. The second-order valence-electron chi connectivity index (χ2n) is 7.55. The predicted molar refractivity (Wildman–Crippen MR) is 76.0 cm³/mol. The van der Waals surface area contributed by atoms with Gasteiger partial charge < -0.3 is 0 Å². The van der Waals surface area contributed by atoms with E-state index < -0.39 is 0 Å². The molecule has 6 atom stereocenters. The van der Waals surface area contributed by atoms with Crippen molar-refractivity contribution in [2.75, 3.05) is 0 Å². The van der Waals surface area contributed by atoms with E-state index in [1.54, 1.807) is 0 Å². The molecular weight excluding hydrogens is 204 g/mol.